The number of ether oxygens (including phenoxy) is 2. The van der Waals surface area contributed by atoms with Gasteiger partial charge in [-0.3, -0.25) is 4.90 Å². The van der Waals surface area contributed by atoms with Gasteiger partial charge in [0.1, 0.15) is 11.4 Å². The van der Waals surface area contributed by atoms with E-state index in [-0.39, 0.29) is 0 Å². The molecule has 162 valence electrons. The smallest absolute Gasteiger partial charge is 0.164 e. The Balaban J connectivity index is 1.58. The van der Waals surface area contributed by atoms with Gasteiger partial charge in [0.2, 0.25) is 0 Å². The van der Waals surface area contributed by atoms with Crippen LogP contribution in [-0.4, -0.2) is 45.4 Å². The minimum Gasteiger partial charge on any atom is -0.493 e. The van der Waals surface area contributed by atoms with Gasteiger partial charge in [0.15, 0.2) is 11.5 Å². The van der Waals surface area contributed by atoms with Crippen LogP contribution in [0.15, 0.2) is 37.2 Å². The number of hydrogen-bond acceptors (Lipinski definition) is 5. The van der Waals surface area contributed by atoms with Gasteiger partial charge < -0.3 is 19.1 Å². The van der Waals surface area contributed by atoms with Gasteiger partial charge in [0.25, 0.3) is 0 Å². The Kier molecular flexibility index (Phi) is 5.89. The number of imidazole rings is 1. The third kappa shape index (κ3) is 3.74. The maximum atomic E-state index is 11.4. The Morgan fingerprint density at radius 3 is 2.60 bits per heavy atom. The fraction of sp³-hybridized carbons (Fsp3) is 0.542. The summed E-state index contributed by atoms with van der Waals surface area (Å²) in [6.45, 7) is 7.33. The van der Waals surface area contributed by atoms with Crippen molar-refractivity contribution >= 4 is 0 Å². The summed E-state index contributed by atoms with van der Waals surface area (Å²) in [5, 5.41) is 11.4. The lowest BCUT2D eigenvalue weighted by Gasteiger charge is -2.43. The van der Waals surface area contributed by atoms with E-state index in [0.717, 1.165) is 61.5 Å². The van der Waals surface area contributed by atoms with E-state index in [0.29, 0.717) is 18.7 Å². The molecule has 2 aliphatic heterocycles. The van der Waals surface area contributed by atoms with Gasteiger partial charge in [-0.1, -0.05) is 12.1 Å². The number of aliphatic hydroxyl groups is 1. The lowest BCUT2D eigenvalue weighted by molar-refractivity contribution is -0.0669. The monoisotopic (exact) mass is 411 g/mol. The van der Waals surface area contributed by atoms with Crippen LogP contribution in [0.4, 0.5) is 0 Å². The number of piperidine rings is 1. The topological polar surface area (TPSA) is 59.8 Å². The second-order valence-corrected chi connectivity index (χ2v) is 8.57. The SMILES string of the molecule is C=CCc1cc(CN2C3CCC2CC(O)(c2nccn2C)C3)cc(OC)c1OCC. The highest BCUT2D eigenvalue weighted by Gasteiger charge is 2.49. The molecule has 0 aliphatic carbocycles. The average Bonchev–Trinajstić information content (AvgIpc) is 3.26. The Bertz CT molecular complexity index is 893. The van der Waals surface area contributed by atoms with Gasteiger partial charge in [-0.25, -0.2) is 4.98 Å². The molecular formula is C24H33N3O3. The van der Waals surface area contributed by atoms with Gasteiger partial charge in [-0.2, -0.15) is 0 Å². The van der Waals surface area contributed by atoms with Crippen LogP contribution in [0.5, 0.6) is 11.5 Å². The number of hydrogen-bond donors (Lipinski definition) is 1. The van der Waals surface area contributed by atoms with E-state index in [2.05, 4.69) is 28.6 Å². The Morgan fingerprint density at radius 2 is 2.03 bits per heavy atom. The molecule has 2 saturated heterocycles. The second-order valence-electron chi connectivity index (χ2n) is 8.57. The van der Waals surface area contributed by atoms with Crippen molar-refractivity contribution in [3.05, 3.63) is 54.1 Å². The van der Waals surface area contributed by atoms with Crippen LogP contribution in [0.1, 0.15) is 49.6 Å². The van der Waals surface area contributed by atoms with Crippen LogP contribution in [0.2, 0.25) is 0 Å². The molecule has 1 aromatic heterocycles. The average molecular weight is 412 g/mol. The molecule has 0 amide bonds. The lowest BCUT2D eigenvalue weighted by atomic mass is 9.85. The minimum atomic E-state index is -0.842. The summed E-state index contributed by atoms with van der Waals surface area (Å²) in [6.07, 6.45) is 10.0. The van der Waals surface area contributed by atoms with Crippen LogP contribution in [0.25, 0.3) is 0 Å². The molecule has 2 aliphatic rings. The minimum absolute atomic E-state index is 0.353. The van der Waals surface area contributed by atoms with Crippen molar-refractivity contribution in [1.29, 1.82) is 0 Å². The Morgan fingerprint density at radius 1 is 1.30 bits per heavy atom. The van der Waals surface area contributed by atoms with Crippen molar-refractivity contribution in [1.82, 2.24) is 14.5 Å². The zero-order valence-corrected chi connectivity index (χ0v) is 18.3. The molecule has 2 atom stereocenters. The molecule has 30 heavy (non-hydrogen) atoms. The molecule has 1 aromatic carbocycles. The molecule has 6 nitrogen and oxygen atoms in total. The van der Waals surface area contributed by atoms with Gasteiger partial charge in [0.05, 0.1) is 13.7 Å². The summed E-state index contributed by atoms with van der Waals surface area (Å²) in [5.74, 6) is 2.38. The summed E-state index contributed by atoms with van der Waals surface area (Å²) in [6, 6.07) is 5.02. The molecule has 2 aromatic rings. The number of methoxy groups -OCH3 is 1. The zero-order valence-electron chi connectivity index (χ0n) is 18.3. The van der Waals surface area contributed by atoms with Crippen molar-refractivity contribution in [2.24, 2.45) is 7.05 Å². The van der Waals surface area contributed by atoms with Crippen LogP contribution in [0.3, 0.4) is 0 Å². The van der Waals surface area contributed by atoms with Crippen LogP contribution < -0.4 is 9.47 Å². The van der Waals surface area contributed by atoms with Crippen molar-refractivity contribution in [2.45, 2.75) is 63.3 Å². The van der Waals surface area contributed by atoms with E-state index >= 15 is 0 Å². The van der Waals surface area contributed by atoms with Crippen molar-refractivity contribution < 1.29 is 14.6 Å². The second kappa shape index (κ2) is 8.44. The largest absolute Gasteiger partial charge is 0.493 e. The van der Waals surface area contributed by atoms with Gasteiger partial charge in [-0.15, -0.1) is 6.58 Å². The highest BCUT2D eigenvalue weighted by molar-refractivity contribution is 5.50. The lowest BCUT2D eigenvalue weighted by Crippen LogP contribution is -2.50. The van der Waals surface area contributed by atoms with E-state index in [1.807, 2.05) is 30.8 Å². The number of allylic oxidation sites excluding steroid dienone is 1. The third-order valence-electron chi connectivity index (χ3n) is 6.58. The number of benzene rings is 1. The van der Waals surface area contributed by atoms with E-state index in [4.69, 9.17) is 9.47 Å². The molecule has 0 spiro atoms. The van der Waals surface area contributed by atoms with E-state index in [9.17, 15) is 5.11 Å². The first-order chi connectivity index (χ1) is 14.5. The first-order valence-electron chi connectivity index (χ1n) is 10.9. The van der Waals surface area contributed by atoms with Gasteiger partial charge in [-0.05, 0) is 50.7 Å². The standard InChI is InChI=1S/C24H33N3O3/c1-5-7-18-12-17(13-21(29-4)22(18)30-6-2)16-27-19-8-9-20(27)15-24(28,14-19)23-25-10-11-26(23)3/h5,10-13,19-20,28H,1,6-9,14-16H2,2-4H3. The van der Waals surface area contributed by atoms with Gasteiger partial charge in [0, 0.05) is 43.6 Å². The van der Waals surface area contributed by atoms with E-state index in [1.165, 1.54) is 5.56 Å². The molecular weight excluding hydrogens is 378 g/mol. The molecule has 1 N–H and O–H groups in total. The molecule has 2 fully saturated rings. The predicted octanol–water partition coefficient (Wildman–Crippen LogP) is 3.57. The Labute approximate surface area is 179 Å². The summed E-state index contributed by atoms with van der Waals surface area (Å²) in [5.41, 5.74) is 1.48. The van der Waals surface area contributed by atoms with Gasteiger partial charge >= 0.3 is 0 Å². The fourth-order valence-corrected chi connectivity index (χ4v) is 5.36. The van der Waals surface area contributed by atoms with E-state index < -0.39 is 5.60 Å². The maximum absolute atomic E-state index is 11.4. The summed E-state index contributed by atoms with van der Waals surface area (Å²) < 4.78 is 13.5. The van der Waals surface area contributed by atoms with Crippen LogP contribution >= 0.6 is 0 Å². The van der Waals surface area contributed by atoms with Crippen LogP contribution in [0, 0.1) is 0 Å². The number of aryl methyl sites for hydroxylation is 1. The normalized spacial score (nSPS) is 26.0. The highest BCUT2D eigenvalue weighted by atomic mass is 16.5. The fourth-order valence-electron chi connectivity index (χ4n) is 5.36. The molecule has 3 heterocycles. The molecule has 6 heteroatoms. The highest BCUT2D eigenvalue weighted by Crippen LogP contribution is 2.46. The zero-order chi connectivity index (χ0) is 21.3. The number of fused-ring (bicyclic) bond motifs is 2. The molecule has 2 unspecified atom stereocenters. The number of rotatable bonds is 8. The quantitative estimate of drug-likeness (QED) is 0.673. The maximum Gasteiger partial charge on any atom is 0.164 e. The first-order valence-corrected chi connectivity index (χ1v) is 10.9. The summed E-state index contributed by atoms with van der Waals surface area (Å²) in [4.78, 5) is 7.01. The predicted molar refractivity (Wildman–Crippen MR) is 117 cm³/mol. The van der Waals surface area contributed by atoms with Crippen molar-refractivity contribution in [2.75, 3.05) is 13.7 Å². The Hall–Kier alpha value is -2.31. The molecule has 4 rings (SSSR count). The van der Waals surface area contributed by atoms with E-state index in [1.54, 1.807) is 13.3 Å². The third-order valence-corrected chi connectivity index (χ3v) is 6.58. The number of nitrogens with zero attached hydrogens (tertiary/aromatic N) is 3. The molecule has 0 radical (unpaired) electrons. The van der Waals surface area contributed by atoms with Crippen molar-refractivity contribution in [3.8, 4) is 11.5 Å². The first kappa shape index (κ1) is 20.9. The summed E-state index contributed by atoms with van der Waals surface area (Å²) in [7, 11) is 3.65. The van der Waals surface area contributed by atoms with Crippen molar-refractivity contribution in [3.63, 3.8) is 0 Å². The van der Waals surface area contributed by atoms with Crippen LogP contribution in [-0.2, 0) is 25.6 Å². The number of aromatic nitrogens is 2. The molecule has 0 saturated carbocycles. The summed E-state index contributed by atoms with van der Waals surface area (Å²) >= 11 is 0. The molecule has 2 bridgehead atoms.